The number of halogens is 1. The highest BCUT2D eigenvalue weighted by atomic mass is 35.5. The number of nitrogens with one attached hydrogen (secondary N) is 2. The molecule has 134 valence electrons. The molecule has 2 heterocycles. The average Bonchev–Trinajstić information content (AvgIpc) is 3.33. The van der Waals surface area contributed by atoms with Gasteiger partial charge in [-0.15, -0.1) is 10.2 Å². The maximum Gasteiger partial charge on any atom is 0.280 e. The molecule has 2 aromatic carbocycles. The van der Waals surface area contributed by atoms with E-state index >= 15 is 0 Å². The third-order valence-electron chi connectivity index (χ3n) is 3.86. The molecule has 0 saturated heterocycles. The zero-order valence-electron chi connectivity index (χ0n) is 14.2. The minimum Gasteiger partial charge on any atom is -0.288 e. The van der Waals surface area contributed by atoms with Gasteiger partial charge in [0.15, 0.2) is 11.5 Å². The molecule has 0 aliphatic heterocycles. The molecule has 0 radical (unpaired) electrons. The first-order valence-corrected chi connectivity index (χ1v) is 8.46. The molecule has 0 aliphatic carbocycles. The van der Waals surface area contributed by atoms with Crippen LogP contribution in [0.5, 0.6) is 0 Å². The number of aromatic nitrogens is 6. The van der Waals surface area contributed by atoms with Crippen molar-refractivity contribution in [1.29, 1.82) is 0 Å². The van der Waals surface area contributed by atoms with Gasteiger partial charge in [0.25, 0.3) is 5.91 Å². The summed E-state index contributed by atoms with van der Waals surface area (Å²) in [5, 5.41) is 17.8. The topological polar surface area (TPSA) is 101 Å². The quantitative estimate of drug-likeness (QED) is 0.566. The Morgan fingerprint density at radius 3 is 2.70 bits per heavy atom. The Balaban J connectivity index is 1.50. The van der Waals surface area contributed by atoms with Crippen LogP contribution < -0.4 is 5.32 Å². The number of aromatic amines is 1. The first-order valence-electron chi connectivity index (χ1n) is 8.08. The molecule has 4 rings (SSSR count). The summed E-state index contributed by atoms with van der Waals surface area (Å²) >= 11 is 6.14. The van der Waals surface area contributed by atoms with E-state index in [9.17, 15) is 4.79 Å². The van der Waals surface area contributed by atoms with Crippen molar-refractivity contribution in [3.05, 3.63) is 71.0 Å². The van der Waals surface area contributed by atoms with Crippen LogP contribution in [0.15, 0.2) is 54.7 Å². The van der Waals surface area contributed by atoms with E-state index in [-0.39, 0.29) is 11.6 Å². The van der Waals surface area contributed by atoms with Crippen molar-refractivity contribution in [2.75, 3.05) is 5.32 Å². The molecule has 1 amide bonds. The predicted octanol–water partition coefficient (Wildman–Crippen LogP) is 3.27. The van der Waals surface area contributed by atoms with E-state index in [4.69, 9.17) is 11.6 Å². The monoisotopic (exact) mass is 379 g/mol. The highest BCUT2D eigenvalue weighted by molar-refractivity contribution is 6.33. The summed E-state index contributed by atoms with van der Waals surface area (Å²) in [4.78, 5) is 16.6. The summed E-state index contributed by atoms with van der Waals surface area (Å²) in [6.07, 6.45) is 1.54. The van der Waals surface area contributed by atoms with Gasteiger partial charge >= 0.3 is 0 Å². The third kappa shape index (κ3) is 3.56. The molecule has 0 aliphatic rings. The first-order chi connectivity index (χ1) is 13.1. The minimum atomic E-state index is -0.460. The van der Waals surface area contributed by atoms with E-state index in [0.717, 1.165) is 11.3 Å². The number of rotatable bonds is 4. The van der Waals surface area contributed by atoms with Crippen molar-refractivity contribution in [3.8, 4) is 17.1 Å². The van der Waals surface area contributed by atoms with Crippen molar-refractivity contribution in [2.45, 2.75) is 6.92 Å². The lowest BCUT2D eigenvalue weighted by molar-refractivity contribution is 0.102. The Kier molecular flexibility index (Phi) is 4.39. The second kappa shape index (κ2) is 7.00. The molecule has 2 aromatic heterocycles. The van der Waals surface area contributed by atoms with Crippen LogP contribution in [0.1, 0.15) is 16.1 Å². The Hall–Kier alpha value is -3.52. The van der Waals surface area contributed by atoms with Crippen LogP contribution in [0.3, 0.4) is 0 Å². The van der Waals surface area contributed by atoms with Gasteiger partial charge in [0.2, 0.25) is 5.95 Å². The summed E-state index contributed by atoms with van der Waals surface area (Å²) in [5.41, 5.74) is 2.79. The Bertz CT molecular complexity index is 1100. The molecule has 0 spiro atoms. The molecule has 8 nitrogen and oxygen atoms in total. The normalized spacial score (nSPS) is 10.7. The minimum absolute atomic E-state index is 0.125. The van der Waals surface area contributed by atoms with Crippen LogP contribution in [0.2, 0.25) is 5.02 Å². The van der Waals surface area contributed by atoms with E-state index in [0.29, 0.717) is 16.4 Å². The molecule has 0 fully saturated rings. The zero-order chi connectivity index (χ0) is 18.8. The Morgan fingerprint density at radius 1 is 1.15 bits per heavy atom. The number of aryl methyl sites for hydroxylation is 1. The molecule has 9 heteroatoms. The fraction of sp³-hybridized carbons (Fsp3) is 0.0556. The highest BCUT2D eigenvalue weighted by Gasteiger charge is 2.15. The number of H-pyrrole nitrogens is 1. The third-order valence-corrected chi connectivity index (χ3v) is 4.19. The maximum absolute atomic E-state index is 12.4. The van der Waals surface area contributed by atoms with Gasteiger partial charge in [0, 0.05) is 5.56 Å². The summed E-state index contributed by atoms with van der Waals surface area (Å²) in [5.74, 6) is 0.122. The van der Waals surface area contributed by atoms with Crippen molar-refractivity contribution in [1.82, 2.24) is 30.2 Å². The fourth-order valence-electron chi connectivity index (χ4n) is 2.45. The lowest BCUT2D eigenvalue weighted by atomic mass is 10.2. The molecule has 0 bridgehead atoms. The standard InChI is InChI=1S/C18H14ClN7O/c1-11-6-8-12(9-7-11)26-10-15(22-25-26)17(27)21-18-20-16(23-24-18)13-4-2-3-5-14(13)19/h2-10H,1H3,(H2,20,21,23,24,27). The van der Waals surface area contributed by atoms with Crippen LogP contribution in [0, 0.1) is 6.92 Å². The second-order valence-electron chi connectivity index (χ2n) is 5.83. The molecule has 27 heavy (non-hydrogen) atoms. The number of anilines is 1. The van der Waals surface area contributed by atoms with Gasteiger partial charge in [-0.2, -0.15) is 4.98 Å². The van der Waals surface area contributed by atoms with Crippen LogP contribution in [0.25, 0.3) is 17.1 Å². The summed E-state index contributed by atoms with van der Waals surface area (Å²) in [6, 6.07) is 14.9. The van der Waals surface area contributed by atoms with Gasteiger partial charge < -0.3 is 0 Å². The number of amides is 1. The Morgan fingerprint density at radius 2 is 1.93 bits per heavy atom. The SMILES string of the molecule is Cc1ccc(-n2cc(C(=O)Nc3n[nH]c(-c4ccccc4Cl)n3)nn2)cc1. The number of carbonyl (C=O) groups excluding carboxylic acids is 1. The van der Waals surface area contributed by atoms with Crippen LogP contribution in [-0.2, 0) is 0 Å². The van der Waals surface area contributed by atoms with Gasteiger partial charge in [0.05, 0.1) is 16.9 Å². The molecule has 0 unspecified atom stereocenters. The highest BCUT2D eigenvalue weighted by Crippen LogP contribution is 2.24. The largest absolute Gasteiger partial charge is 0.288 e. The van der Waals surface area contributed by atoms with Crippen LogP contribution in [-0.4, -0.2) is 36.1 Å². The summed E-state index contributed by atoms with van der Waals surface area (Å²) in [6.45, 7) is 2.00. The van der Waals surface area contributed by atoms with Crippen molar-refractivity contribution < 1.29 is 4.79 Å². The first kappa shape index (κ1) is 16.9. The molecule has 0 saturated carbocycles. The number of hydrogen-bond donors (Lipinski definition) is 2. The lowest BCUT2D eigenvalue weighted by Crippen LogP contribution is -2.13. The van der Waals surface area contributed by atoms with E-state index in [1.807, 2.05) is 49.4 Å². The molecule has 0 atom stereocenters. The number of benzene rings is 2. The van der Waals surface area contributed by atoms with Gasteiger partial charge in [-0.25, -0.2) is 4.68 Å². The van der Waals surface area contributed by atoms with Crippen molar-refractivity contribution in [2.24, 2.45) is 0 Å². The molecule has 4 aromatic rings. The molecule has 2 N–H and O–H groups in total. The van der Waals surface area contributed by atoms with Crippen molar-refractivity contribution >= 4 is 23.5 Å². The van der Waals surface area contributed by atoms with Crippen molar-refractivity contribution in [3.63, 3.8) is 0 Å². The zero-order valence-corrected chi connectivity index (χ0v) is 15.0. The smallest absolute Gasteiger partial charge is 0.280 e. The van der Waals surface area contributed by atoms with Crippen LogP contribution >= 0.6 is 11.6 Å². The van der Waals surface area contributed by atoms with Gasteiger partial charge in [-0.3, -0.25) is 15.2 Å². The van der Waals surface area contributed by atoms with E-state index < -0.39 is 5.91 Å². The maximum atomic E-state index is 12.4. The van der Waals surface area contributed by atoms with Gasteiger partial charge in [0.1, 0.15) is 0 Å². The summed E-state index contributed by atoms with van der Waals surface area (Å²) < 4.78 is 1.53. The van der Waals surface area contributed by atoms with Gasteiger partial charge in [-0.1, -0.05) is 46.6 Å². The average molecular weight is 380 g/mol. The van der Waals surface area contributed by atoms with E-state index in [2.05, 4.69) is 30.8 Å². The van der Waals surface area contributed by atoms with Crippen LogP contribution in [0.4, 0.5) is 5.95 Å². The number of carbonyl (C=O) groups is 1. The number of nitrogens with zero attached hydrogens (tertiary/aromatic N) is 5. The summed E-state index contributed by atoms with van der Waals surface area (Å²) in [7, 11) is 0. The molecular formula is C18H14ClN7O. The van der Waals surface area contributed by atoms with Gasteiger partial charge in [-0.05, 0) is 31.2 Å². The van der Waals surface area contributed by atoms with E-state index in [1.54, 1.807) is 12.3 Å². The molecular weight excluding hydrogens is 366 g/mol. The van der Waals surface area contributed by atoms with E-state index in [1.165, 1.54) is 4.68 Å². The fourth-order valence-corrected chi connectivity index (χ4v) is 2.67. The number of hydrogen-bond acceptors (Lipinski definition) is 5. The predicted molar refractivity (Wildman–Crippen MR) is 101 cm³/mol. The lowest BCUT2D eigenvalue weighted by Gasteiger charge is -1.99. The second-order valence-corrected chi connectivity index (χ2v) is 6.23. The Labute approximate surface area is 159 Å².